The first kappa shape index (κ1) is 19.3. The van der Waals surface area contributed by atoms with Crippen LogP contribution < -0.4 is 10.2 Å². The molecule has 3 rings (SSSR count). The van der Waals surface area contributed by atoms with Gasteiger partial charge in [0.15, 0.2) is 6.10 Å². The Morgan fingerprint density at radius 2 is 1.71 bits per heavy atom. The number of rotatable bonds is 6. The lowest BCUT2D eigenvalue weighted by atomic mass is 10.2. The van der Waals surface area contributed by atoms with E-state index >= 15 is 0 Å². The van der Waals surface area contributed by atoms with E-state index in [-0.39, 0.29) is 30.2 Å². The zero-order chi connectivity index (χ0) is 20.1. The summed E-state index contributed by atoms with van der Waals surface area (Å²) in [5.41, 5.74) is 1.41. The van der Waals surface area contributed by atoms with Crippen LogP contribution in [0.1, 0.15) is 35.7 Å². The van der Waals surface area contributed by atoms with Gasteiger partial charge in [-0.1, -0.05) is 36.4 Å². The minimum absolute atomic E-state index is 0.159. The lowest BCUT2D eigenvalue weighted by Crippen LogP contribution is -2.35. The van der Waals surface area contributed by atoms with Crippen LogP contribution in [-0.4, -0.2) is 29.8 Å². The Labute approximate surface area is 162 Å². The number of anilines is 1. The Morgan fingerprint density at radius 3 is 2.39 bits per heavy atom. The first-order valence-corrected chi connectivity index (χ1v) is 8.94. The molecule has 7 nitrogen and oxygen atoms in total. The molecule has 28 heavy (non-hydrogen) atoms. The van der Waals surface area contributed by atoms with Crippen LogP contribution in [0, 0.1) is 0 Å². The summed E-state index contributed by atoms with van der Waals surface area (Å²) in [5.74, 6) is -1.73. The Kier molecular flexibility index (Phi) is 5.84. The summed E-state index contributed by atoms with van der Waals surface area (Å²) >= 11 is 0. The molecule has 2 aromatic carbocycles. The zero-order valence-electron chi connectivity index (χ0n) is 15.4. The largest absolute Gasteiger partial charge is 0.449 e. The normalized spacial score (nSPS) is 14.7. The molecular weight excluding hydrogens is 360 g/mol. The summed E-state index contributed by atoms with van der Waals surface area (Å²) in [6.45, 7) is 1.81. The molecule has 0 unspecified atom stereocenters. The SMILES string of the molecule is C[C@H](OC(=O)c1cccc(N2C(=O)CCC2=O)c1)C(=O)NCc1ccccc1. The minimum atomic E-state index is -0.991. The number of nitrogens with one attached hydrogen (secondary N) is 1. The van der Waals surface area contributed by atoms with E-state index in [1.165, 1.54) is 19.1 Å². The molecule has 7 heteroatoms. The molecule has 1 N–H and O–H groups in total. The molecule has 1 heterocycles. The third-order valence-electron chi connectivity index (χ3n) is 4.35. The Balaban J connectivity index is 1.61. The van der Waals surface area contributed by atoms with Gasteiger partial charge in [0.1, 0.15) is 0 Å². The van der Waals surface area contributed by atoms with Crippen molar-refractivity contribution in [1.29, 1.82) is 0 Å². The highest BCUT2D eigenvalue weighted by Gasteiger charge is 2.30. The first-order valence-electron chi connectivity index (χ1n) is 8.94. The van der Waals surface area contributed by atoms with E-state index in [2.05, 4.69) is 5.32 Å². The van der Waals surface area contributed by atoms with Crippen LogP contribution in [-0.2, 0) is 25.7 Å². The number of carbonyl (C=O) groups excluding carboxylic acids is 4. The molecule has 0 spiro atoms. The fourth-order valence-corrected chi connectivity index (χ4v) is 2.85. The van der Waals surface area contributed by atoms with E-state index in [1.54, 1.807) is 12.1 Å². The van der Waals surface area contributed by atoms with Crippen LogP contribution >= 0.6 is 0 Å². The number of hydrogen-bond acceptors (Lipinski definition) is 5. The minimum Gasteiger partial charge on any atom is -0.449 e. The van der Waals surface area contributed by atoms with Crippen molar-refractivity contribution in [3.05, 3.63) is 65.7 Å². The number of ether oxygens (including phenoxy) is 1. The molecule has 3 amide bonds. The first-order chi connectivity index (χ1) is 13.5. The second kappa shape index (κ2) is 8.47. The fraction of sp³-hybridized carbons (Fsp3) is 0.238. The van der Waals surface area contributed by atoms with Crippen molar-refractivity contribution in [3.8, 4) is 0 Å². The molecule has 1 saturated heterocycles. The van der Waals surface area contributed by atoms with Gasteiger partial charge in [-0.2, -0.15) is 0 Å². The van der Waals surface area contributed by atoms with E-state index in [9.17, 15) is 19.2 Å². The molecular formula is C21H20N2O5. The summed E-state index contributed by atoms with van der Waals surface area (Å²) in [4.78, 5) is 49.3. The van der Waals surface area contributed by atoms with Crippen molar-refractivity contribution in [2.24, 2.45) is 0 Å². The average Bonchev–Trinajstić information content (AvgIpc) is 3.05. The highest BCUT2D eigenvalue weighted by molar-refractivity contribution is 6.20. The molecule has 0 radical (unpaired) electrons. The van der Waals surface area contributed by atoms with Crippen molar-refractivity contribution in [3.63, 3.8) is 0 Å². The Bertz CT molecular complexity index is 894. The van der Waals surface area contributed by atoms with Gasteiger partial charge in [0.25, 0.3) is 5.91 Å². The van der Waals surface area contributed by atoms with Crippen LogP contribution in [0.5, 0.6) is 0 Å². The lowest BCUT2D eigenvalue weighted by Gasteiger charge is -2.16. The maximum absolute atomic E-state index is 12.4. The number of esters is 1. The van der Waals surface area contributed by atoms with Crippen LogP contribution in [0.4, 0.5) is 5.69 Å². The molecule has 0 saturated carbocycles. The molecule has 144 valence electrons. The Morgan fingerprint density at radius 1 is 1.04 bits per heavy atom. The van der Waals surface area contributed by atoms with Gasteiger partial charge >= 0.3 is 5.97 Å². The number of benzene rings is 2. The number of nitrogens with zero attached hydrogens (tertiary/aromatic N) is 1. The standard InChI is InChI=1S/C21H20N2O5/c1-14(20(26)22-13-15-6-3-2-4-7-15)28-21(27)16-8-5-9-17(12-16)23-18(24)10-11-19(23)25/h2-9,12,14H,10-11,13H2,1H3,(H,22,26)/t14-/m0/s1. The molecule has 1 aliphatic heterocycles. The van der Waals surface area contributed by atoms with Gasteiger partial charge in [0.05, 0.1) is 11.3 Å². The number of carbonyl (C=O) groups is 4. The van der Waals surface area contributed by atoms with Gasteiger partial charge in [-0.3, -0.25) is 19.3 Å². The van der Waals surface area contributed by atoms with Crippen LogP contribution in [0.25, 0.3) is 0 Å². The zero-order valence-corrected chi connectivity index (χ0v) is 15.4. The smallest absolute Gasteiger partial charge is 0.338 e. The highest BCUT2D eigenvalue weighted by Crippen LogP contribution is 2.23. The predicted molar refractivity (Wildman–Crippen MR) is 101 cm³/mol. The molecule has 0 bridgehead atoms. The lowest BCUT2D eigenvalue weighted by molar-refractivity contribution is -0.129. The van der Waals surface area contributed by atoms with E-state index in [4.69, 9.17) is 4.74 Å². The Hall–Kier alpha value is -3.48. The van der Waals surface area contributed by atoms with Gasteiger partial charge in [-0.25, -0.2) is 4.79 Å². The van der Waals surface area contributed by atoms with Crippen molar-refractivity contribution in [2.75, 3.05) is 4.90 Å². The number of amides is 3. The van der Waals surface area contributed by atoms with E-state index in [1.807, 2.05) is 30.3 Å². The molecule has 1 fully saturated rings. The molecule has 0 aromatic heterocycles. The maximum atomic E-state index is 12.4. The predicted octanol–water partition coefficient (Wildman–Crippen LogP) is 2.20. The van der Waals surface area contributed by atoms with Crippen molar-refractivity contribution in [2.45, 2.75) is 32.4 Å². The highest BCUT2D eigenvalue weighted by atomic mass is 16.5. The van der Waals surface area contributed by atoms with Crippen molar-refractivity contribution < 1.29 is 23.9 Å². The second-order valence-corrected chi connectivity index (χ2v) is 6.42. The van der Waals surface area contributed by atoms with Gasteiger partial charge in [0.2, 0.25) is 11.8 Å². The van der Waals surface area contributed by atoms with Gasteiger partial charge < -0.3 is 10.1 Å². The number of hydrogen-bond donors (Lipinski definition) is 1. The quantitative estimate of drug-likeness (QED) is 0.613. The molecule has 1 atom stereocenters. The van der Waals surface area contributed by atoms with Crippen molar-refractivity contribution >= 4 is 29.4 Å². The topological polar surface area (TPSA) is 92.8 Å². The summed E-state index contributed by atoms with van der Waals surface area (Å²) in [6.07, 6.45) is -0.673. The third kappa shape index (κ3) is 4.43. The third-order valence-corrected chi connectivity index (χ3v) is 4.35. The summed E-state index contributed by atoms with van der Waals surface area (Å²) < 4.78 is 5.22. The summed E-state index contributed by atoms with van der Waals surface area (Å²) in [6, 6.07) is 15.4. The van der Waals surface area contributed by atoms with Crippen molar-refractivity contribution in [1.82, 2.24) is 5.32 Å². The van der Waals surface area contributed by atoms with E-state index in [0.29, 0.717) is 12.2 Å². The van der Waals surface area contributed by atoms with E-state index < -0.39 is 18.0 Å². The second-order valence-electron chi connectivity index (χ2n) is 6.42. The van der Waals surface area contributed by atoms with E-state index in [0.717, 1.165) is 10.5 Å². The van der Waals surface area contributed by atoms with Gasteiger partial charge in [0, 0.05) is 19.4 Å². The van der Waals surface area contributed by atoms with Gasteiger partial charge in [-0.05, 0) is 30.7 Å². The number of imide groups is 1. The van der Waals surface area contributed by atoms with Crippen LogP contribution in [0.15, 0.2) is 54.6 Å². The van der Waals surface area contributed by atoms with Gasteiger partial charge in [-0.15, -0.1) is 0 Å². The van der Waals surface area contributed by atoms with Crippen LogP contribution in [0.2, 0.25) is 0 Å². The molecule has 2 aromatic rings. The average molecular weight is 380 g/mol. The van der Waals surface area contributed by atoms with Crippen LogP contribution in [0.3, 0.4) is 0 Å². The maximum Gasteiger partial charge on any atom is 0.338 e. The fourth-order valence-electron chi connectivity index (χ4n) is 2.85. The summed E-state index contributed by atoms with van der Waals surface area (Å²) in [5, 5.41) is 2.71. The molecule has 1 aliphatic rings. The molecule has 0 aliphatic carbocycles. The monoisotopic (exact) mass is 380 g/mol. The summed E-state index contributed by atoms with van der Waals surface area (Å²) in [7, 11) is 0.